The molecule has 4 rings (SSSR count). The van der Waals surface area contributed by atoms with Gasteiger partial charge in [-0.1, -0.05) is 72.3 Å². The van der Waals surface area contributed by atoms with E-state index >= 15 is 0 Å². The number of amides is 1. The van der Waals surface area contributed by atoms with Gasteiger partial charge >= 0.3 is 5.97 Å². The normalized spacial score (nSPS) is 15.5. The summed E-state index contributed by atoms with van der Waals surface area (Å²) in [6.45, 7) is 2.17. The van der Waals surface area contributed by atoms with E-state index in [1.165, 1.54) is 0 Å². The van der Waals surface area contributed by atoms with Crippen LogP contribution in [0.1, 0.15) is 34.3 Å². The number of nitrogens with zero attached hydrogens (tertiary/aromatic N) is 3. The number of rotatable bonds is 6. The van der Waals surface area contributed by atoms with Crippen LogP contribution in [-0.4, -0.2) is 48.3 Å². The molecule has 0 radical (unpaired) electrons. The maximum absolute atomic E-state index is 13.0. The van der Waals surface area contributed by atoms with Gasteiger partial charge < -0.3 is 4.74 Å². The van der Waals surface area contributed by atoms with E-state index in [2.05, 4.69) is 10.3 Å². The average Bonchev–Trinajstić information content (AvgIpc) is 3.33. The number of nitrogens with one attached hydrogen (secondary N) is 1. The average molecular weight is 489 g/mol. The minimum atomic E-state index is -0.489. The molecule has 0 aromatic heterocycles. The summed E-state index contributed by atoms with van der Waals surface area (Å²) in [5, 5.41) is 9.81. The number of benzene rings is 3. The molecule has 1 atom stereocenters. The fourth-order valence-corrected chi connectivity index (χ4v) is 3.88. The number of esters is 1. The first-order valence-electron chi connectivity index (χ1n) is 11.3. The molecule has 1 amide bonds. The third kappa shape index (κ3) is 6.13. The van der Waals surface area contributed by atoms with Gasteiger partial charge in [-0.2, -0.15) is 5.10 Å². The minimum absolute atomic E-state index is 0.0566. The number of hydrogen-bond donors (Lipinski definition) is 1. The maximum atomic E-state index is 13.0. The van der Waals surface area contributed by atoms with Crippen LogP contribution < -0.4 is 5.32 Å². The first-order valence-corrected chi connectivity index (χ1v) is 11.7. The molecule has 7 nitrogen and oxygen atoms in total. The Morgan fingerprint density at radius 1 is 1.03 bits per heavy atom. The van der Waals surface area contributed by atoms with Gasteiger partial charge in [0.1, 0.15) is 6.54 Å². The summed E-state index contributed by atoms with van der Waals surface area (Å²) in [6, 6.07) is 26.4. The molecule has 3 aromatic rings. The Bertz CT molecular complexity index is 1230. The Morgan fingerprint density at radius 3 is 2.34 bits per heavy atom. The maximum Gasteiger partial charge on any atom is 0.327 e. The van der Waals surface area contributed by atoms with Gasteiger partial charge in [0.15, 0.2) is 0 Å². The van der Waals surface area contributed by atoms with Gasteiger partial charge in [-0.15, -0.1) is 0 Å². The van der Waals surface area contributed by atoms with Crippen molar-refractivity contribution in [2.24, 2.45) is 10.1 Å². The highest BCUT2D eigenvalue weighted by molar-refractivity contribution is 6.30. The molecule has 1 N–H and O–H groups in total. The number of halogens is 1. The summed E-state index contributed by atoms with van der Waals surface area (Å²) in [5.74, 6) is -0.760. The second kappa shape index (κ2) is 11.4. The van der Waals surface area contributed by atoms with Gasteiger partial charge in [0.2, 0.25) is 5.96 Å². The standard InChI is InChI=1S/C27H25ClN4O3/c1-2-35-24(33)17-29-27(30-26(34)21-13-15-22(28)16-14-21)32-18-23(19-9-5-3-6-10-19)25(31-32)20-11-7-4-8-12-20/h3-16,23H,2,17-18H2,1H3,(H,29,30,34). The molecule has 0 aliphatic carbocycles. The molecular weight excluding hydrogens is 464 g/mol. The van der Waals surface area contributed by atoms with Crippen LogP contribution in [-0.2, 0) is 9.53 Å². The van der Waals surface area contributed by atoms with Crippen LogP contribution in [0.15, 0.2) is 95.0 Å². The van der Waals surface area contributed by atoms with Crippen molar-refractivity contribution in [1.82, 2.24) is 10.3 Å². The number of hydrogen-bond acceptors (Lipinski definition) is 5. The van der Waals surface area contributed by atoms with E-state index < -0.39 is 5.97 Å². The fraction of sp³-hybridized carbons (Fsp3) is 0.185. The lowest BCUT2D eigenvalue weighted by Gasteiger charge is -2.19. The Kier molecular flexibility index (Phi) is 7.90. The molecule has 3 aromatic carbocycles. The van der Waals surface area contributed by atoms with Gasteiger partial charge in [-0.05, 0) is 42.3 Å². The van der Waals surface area contributed by atoms with Crippen LogP contribution in [0.25, 0.3) is 0 Å². The van der Waals surface area contributed by atoms with Gasteiger partial charge in [0.05, 0.1) is 18.9 Å². The van der Waals surface area contributed by atoms with Crippen molar-refractivity contribution >= 4 is 35.1 Å². The summed E-state index contributed by atoms with van der Waals surface area (Å²) >= 11 is 5.96. The summed E-state index contributed by atoms with van der Waals surface area (Å²) < 4.78 is 5.01. The Morgan fingerprint density at radius 2 is 1.69 bits per heavy atom. The number of aliphatic imine (C=N–C) groups is 1. The lowest BCUT2D eigenvalue weighted by Crippen LogP contribution is -2.41. The molecule has 0 fully saturated rings. The first-order chi connectivity index (χ1) is 17.0. The highest BCUT2D eigenvalue weighted by Gasteiger charge is 2.32. The molecule has 0 bridgehead atoms. The molecule has 1 unspecified atom stereocenters. The van der Waals surface area contributed by atoms with Gasteiger partial charge in [-0.3, -0.25) is 14.9 Å². The molecule has 0 saturated carbocycles. The lowest BCUT2D eigenvalue weighted by molar-refractivity contribution is -0.141. The van der Waals surface area contributed by atoms with Crippen molar-refractivity contribution in [1.29, 1.82) is 0 Å². The van der Waals surface area contributed by atoms with E-state index in [-0.39, 0.29) is 30.9 Å². The Balaban J connectivity index is 1.67. The molecule has 1 aliphatic rings. The van der Waals surface area contributed by atoms with Crippen LogP contribution in [0, 0.1) is 0 Å². The predicted octanol–water partition coefficient (Wildman–Crippen LogP) is 4.49. The number of ether oxygens (including phenoxy) is 1. The zero-order valence-corrected chi connectivity index (χ0v) is 20.0. The summed E-state index contributed by atoms with van der Waals surface area (Å²) in [6.07, 6.45) is 0. The summed E-state index contributed by atoms with van der Waals surface area (Å²) in [5.41, 5.74) is 3.31. The van der Waals surface area contributed by atoms with Crippen molar-refractivity contribution in [2.75, 3.05) is 19.7 Å². The number of hydrazone groups is 1. The molecule has 1 aliphatic heterocycles. The van der Waals surface area contributed by atoms with Crippen molar-refractivity contribution < 1.29 is 14.3 Å². The van der Waals surface area contributed by atoms with Crippen LogP contribution in [0.2, 0.25) is 5.02 Å². The minimum Gasteiger partial charge on any atom is -0.465 e. The van der Waals surface area contributed by atoms with Gasteiger partial charge in [0, 0.05) is 16.5 Å². The monoisotopic (exact) mass is 488 g/mol. The quantitative estimate of drug-likeness (QED) is 0.315. The van der Waals surface area contributed by atoms with Crippen molar-refractivity contribution in [2.45, 2.75) is 12.8 Å². The number of carbonyl (C=O) groups excluding carboxylic acids is 2. The third-order valence-corrected chi connectivity index (χ3v) is 5.68. The van der Waals surface area contributed by atoms with Gasteiger partial charge in [0.25, 0.3) is 5.91 Å². The molecule has 0 spiro atoms. The second-order valence-corrected chi connectivity index (χ2v) is 8.24. The van der Waals surface area contributed by atoms with Gasteiger partial charge in [-0.25, -0.2) is 10.0 Å². The molecule has 8 heteroatoms. The van der Waals surface area contributed by atoms with E-state index in [4.69, 9.17) is 21.4 Å². The topological polar surface area (TPSA) is 83.4 Å². The lowest BCUT2D eigenvalue weighted by atomic mass is 9.91. The van der Waals surface area contributed by atoms with Crippen LogP contribution in [0.3, 0.4) is 0 Å². The van der Waals surface area contributed by atoms with Crippen molar-refractivity contribution in [3.05, 3.63) is 107 Å². The highest BCUT2D eigenvalue weighted by Crippen LogP contribution is 2.28. The molecular formula is C27H25ClN4O3. The summed E-state index contributed by atoms with van der Waals surface area (Å²) in [4.78, 5) is 29.4. The van der Waals surface area contributed by atoms with Crippen LogP contribution >= 0.6 is 11.6 Å². The van der Waals surface area contributed by atoms with Crippen LogP contribution in [0.4, 0.5) is 0 Å². The van der Waals surface area contributed by atoms with Crippen molar-refractivity contribution in [3.63, 3.8) is 0 Å². The SMILES string of the molecule is CCOC(=O)CN=C(NC(=O)c1ccc(Cl)cc1)N1CC(c2ccccc2)C(c2ccccc2)=N1. The predicted molar refractivity (Wildman–Crippen MR) is 137 cm³/mol. The van der Waals surface area contributed by atoms with E-state index in [0.29, 0.717) is 17.1 Å². The molecule has 0 saturated heterocycles. The van der Waals surface area contributed by atoms with Crippen molar-refractivity contribution in [3.8, 4) is 0 Å². The first kappa shape index (κ1) is 24.2. The van der Waals surface area contributed by atoms with Crippen LogP contribution in [0.5, 0.6) is 0 Å². The fourth-order valence-electron chi connectivity index (χ4n) is 3.76. The zero-order valence-electron chi connectivity index (χ0n) is 19.2. The highest BCUT2D eigenvalue weighted by atomic mass is 35.5. The van der Waals surface area contributed by atoms with E-state index in [1.54, 1.807) is 36.2 Å². The number of guanidine groups is 1. The van der Waals surface area contributed by atoms with E-state index in [1.807, 2.05) is 60.7 Å². The Hall–Kier alpha value is -3.97. The molecule has 35 heavy (non-hydrogen) atoms. The van der Waals surface area contributed by atoms with E-state index in [0.717, 1.165) is 16.8 Å². The number of carbonyl (C=O) groups is 2. The zero-order chi connectivity index (χ0) is 24.6. The smallest absolute Gasteiger partial charge is 0.327 e. The molecule has 1 heterocycles. The Labute approximate surface area is 209 Å². The van der Waals surface area contributed by atoms with E-state index in [9.17, 15) is 9.59 Å². The molecule has 178 valence electrons. The third-order valence-electron chi connectivity index (χ3n) is 5.43. The largest absolute Gasteiger partial charge is 0.465 e. The second-order valence-electron chi connectivity index (χ2n) is 7.80. The summed E-state index contributed by atoms with van der Waals surface area (Å²) in [7, 11) is 0.